The molecule has 8 heteroatoms. The number of nitrogens with zero attached hydrogens (tertiary/aromatic N) is 1. The molecule has 0 aliphatic rings. The Hall–Kier alpha value is -0.960. The van der Waals surface area contributed by atoms with Crippen LogP contribution in [0.5, 0.6) is 0 Å². The van der Waals surface area contributed by atoms with E-state index in [0.29, 0.717) is 29.4 Å². The van der Waals surface area contributed by atoms with Crippen molar-refractivity contribution in [1.29, 1.82) is 0 Å². The molecule has 0 spiro atoms. The second kappa shape index (κ2) is 9.14. The summed E-state index contributed by atoms with van der Waals surface area (Å²) in [7, 11) is 0.0468. The van der Waals surface area contributed by atoms with E-state index in [-0.39, 0.29) is 17.3 Å². The van der Waals surface area contributed by atoms with Gasteiger partial charge in [-0.2, -0.15) is 8.42 Å². The van der Waals surface area contributed by atoms with Crippen molar-refractivity contribution in [1.82, 2.24) is 0 Å². The summed E-state index contributed by atoms with van der Waals surface area (Å²) in [5, 5.41) is 0. The van der Waals surface area contributed by atoms with Gasteiger partial charge in [0.1, 0.15) is 6.10 Å². The average Bonchev–Trinajstić information content (AvgIpc) is 2.24. The molecule has 0 heterocycles. The Morgan fingerprint density at radius 3 is 2.29 bits per heavy atom. The fourth-order valence-electron chi connectivity index (χ4n) is 1.66. The smallest absolute Gasteiger partial charge is 0.333 e. The van der Waals surface area contributed by atoms with Gasteiger partial charge in [-0.1, -0.05) is 6.58 Å². The van der Waals surface area contributed by atoms with Gasteiger partial charge in [0.2, 0.25) is 0 Å². The first-order chi connectivity index (χ1) is 8.93. The lowest BCUT2D eigenvalue weighted by molar-refractivity contribution is -0.890. The standard InChI is InChI=1S/C13H25NO5S.H2O/c1-11(2)13(15)19-12(3)7-9-14(4,5)8-6-10-20(16,17)18;/h12H,1,6-10H2,2-5H3;1H2. The molecule has 0 aliphatic carbocycles. The number of carbonyl (C=O) groups is 1. The van der Waals surface area contributed by atoms with Gasteiger partial charge >= 0.3 is 5.97 Å². The lowest BCUT2D eigenvalue weighted by Gasteiger charge is -2.30. The number of rotatable bonds is 9. The molecule has 0 bridgehead atoms. The number of esters is 1. The fourth-order valence-corrected chi connectivity index (χ4v) is 2.15. The topological polar surface area (TPSA) is 111 Å². The Balaban J connectivity index is 0. The highest BCUT2D eigenvalue weighted by atomic mass is 32.2. The van der Waals surface area contributed by atoms with E-state index in [9.17, 15) is 13.2 Å². The zero-order valence-electron chi connectivity index (χ0n) is 13.2. The van der Waals surface area contributed by atoms with E-state index in [4.69, 9.17) is 9.29 Å². The van der Waals surface area contributed by atoms with Crippen molar-refractivity contribution in [2.24, 2.45) is 0 Å². The molecule has 0 radical (unpaired) electrons. The summed E-state index contributed by atoms with van der Waals surface area (Å²) in [6.45, 7) is 8.31. The van der Waals surface area contributed by atoms with Gasteiger partial charge in [0, 0.05) is 18.4 Å². The Morgan fingerprint density at radius 1 is 1.33 bits per heavy atom. The summed E-state index contributed by atoms with van der Waals surface area (Å²) in [6, 6.07) is 0. The van der Waals surface area contributed by atoms with Crippen molar-refractivity contribution >= 4 is 16.1 Å². The second-order valence-corrected chi connectivity index (χ2v) is 7.38. The highest BCUT2D eigenvalue weighted by Crippen LogP contribution is 2.08. The molecular weight excluding hydrogens is 298 g/mol. The summed E-state index contributed by atoms with van der Waals surface area (Å²) in [5.41, 5.74) is 0.374. The van der Waals surface area contributed by atoms with Crippen LogP contribution in [0.3, 0.4) is 0 Å². The summed E-state index contributed by atoms with van der Waals surface area (Å²) in [6.07, 6.45) is 0.863. The van der Waals surface area contributed by atoms with Crippen molar-refractivity contribution in [3.63, 3.8) is 0 Å². The molecule has 0 saturated carbocycles. The van der Waals surface area contributed by atoms with E-state index in [2.05, 4.69) is 6.58 Å². The van der Waals surface area contributed by atoms with Gasteiger partial charge in [0.25, 0.3) is 10.1 Å². The molecule has 0 aromatic rings. The van der Waals surface area contributed by atoms with E-state index in [1.54, 1.807) is 6.92 Å². The molecule has 0 fully saturated rings. The van der Waals surface area contributed by atoms with E-state index in [1.165, 1.54) is 0 Å². The first-order valence-corrected chi connectivity index (χ1v) is 8.17. The quantitative estimate of drug-likeness (QED) is 0.294. The SMILES string of the molecule is C=C(C)C(=O)OC(C)CC[N+](C)(C)CCCS(=O)(=O)O.[OH-]. The summed E-state index contributed by atoms with van der Waals surface area (Å²) < 4.78 is 35.8. The molecule has 0 aliphatic heterocycles. The molecule has 1 unspecified atom stereocenters. The van der Waals surface area contributed by atoms with Crippen LogP contribution in [0.1, 0.15) is 26.7 Å². The van der Waals surface area contributed by atoms with Crippen LogP contribution in [0.25, 0.3) is 0 Å². The Labute approximate surface area is 127 Å². The Bertz CT molecular complexity index is 444. The molecule has 0 aromatic heterocycles. The Morgan fingerprint density at radius 2 is 1.86 bits per heavy atom. The van der Waals surface area contributed by atoms with Gasteiger partial charge in [0.15, 0.2) is 0 Å². The molecule has 21 heavy (non-hydrogen) atoms. The average molecular weight is 325 g/mol. The zero-order valence-corrected chi connectivity index (χ0v) is 14.0. The molecule has 7 nitrogen and oxygen atoms in total. The van der Waals surface area contributed by atoms with E-state index < -0.39 is 16.1 Å². The van der Waals surface area contributed by atoms with Gasteiger partial charge in [-0.15, -0.1) is 0 Å². The molecule has 0 rings (SSSR count). The summed E-state index contributed by atoms with van der Waals surface area (Å²) in [5.74, 6) is -0.622. The maximum Gasteiger partial charge on any atom is 0.333 e. The minimum absolute atomic E-state index is 0. The molecule has 1 atom stereocenters. The zero-order chi connectivity index (χ0) is 16.0. The summed E-state index contributed by atoms with van der Waals surface area (Å²) >= 11 is 0. The van der Waals surface area contributed by atoms with Crippen LogP contribution in [0, 0.1) is 0 Å². The van der Waals surface area contributed by atoms with Crippen molar-refractivity contribution < 1.29 is 32.5 Å². The normalized spacial score (nSPS) is 13.2. The van der Waals surface area contributed by atoms with Crippen LogP contribution in [0.15, 0.2) is 12.2 Å². The molecule has 126 valence electrons. The van der Waals surface area contributed by atoms with Crippen molar-refractivity contribution in [2.45, 2.75) is 32.8 Å². The van der Waals surface area contributed by atoms with Crippen LogP contribution in [0.2, 0.25) is 0 Å². The first kappa shape index (κ1) is 22.3. The maximum atomic E-state index is 11.3. The van der Waals surface area contributed by atoms with E-state index in [0.717, 1.165) is 6.54 Å². The number of quaternary nitrogens is 1. The molecule has 2 N–H and O–H groups in total. The van der Waals surface area contributed by atoms with Crippen molar-refractivity contribution in [3.8, 4) is 0 Å². The third kappa shape index (κ3) is 12.5. The molecule has 0 amide bonds. The maximum absolute atomic E-state index is 11.3. The van der Waals surface area contributed by atoms with Gasteiger partial charge in [0.05, 0.1) is 32.9 Å². The van der Waals surface area contributed by atoms with Gasteiger partial charge in [-0.3, -0.25) is 4.55 Å². The monoisotopic (exact) mass is 325 g/mol. The van der Waals surface area contributed by atoms with Gasteiger partial charge in [-0.25, -0.2) is 4.79 Å². The second-order valence-electron chi connectivity index (χ2n) is 5.81. The largest absolute Gasteiger partial charge is 0.870 e. The predicted octanol–water partition coefficient (Wildman–Crippen LogP) is 1.06. The van der Waals surface area contributed by atoms with Gasteiger partial charge in [-0.05, 0) is 13.8 Å². The van der Waals surface area contributed by atoms with Crippen LogP contribution < -0.4 is 0 Å². The third-order valence-corrected chi connectivity index (χ3v) is 3.77. The van der Waals surface area contributed by atoms with Crippen LogP contribution in [-0.2, 0) is 19.6 Å². The van der Waals surface area contributed by atoms with Crippen LogP contribution in [-0.4, -0.2) is 67.9 Å². The lowest BCUT2D eigenvalue weighted by Crippen LogP contribution is -2.43. The molecule has 0 aromatic carbocycles. The number of ether oxygens (including phenoxy) is 1. The van der Waals surface area contributed by atoms with Gasteiger partial charge < -0.3 is 14.7 Å². The number of hydrogen-bond donors (Lipinski definition) is 1. The first-order valence-electron chi connectivity index (χ1n) is 6.56. The summed E-state index contributed by atoms with van der Waals surface area (Å²) in [4.78, 5) is 11.3. The highest BCUT2D eigenvalue weighted by molar-refractivity contribution is 7.85. The van der Waals surface area contributed by atoms with Crippen molar-refractivity contribution in [3.05, 3.63) is 12.2 Å². The highest BCUT2D eigenvalue weighted by Gasteiger charge is 2.19. The lowest BCUT2D eigenvalue weighted by atomic mass is 10.2. The fraction of sp³-hybridized carbons (Fsp3) is 0.769. The van der Waals surface area contributed by atoms with Crippen LogP contribution >= 0.6 is 0 Å². The predicted molar refractivity (Wildman–Crippen MR) is 79.8 cm³/mol. The number of hydrogen-bond acceptors (Lipinski definition) is 5. The third-order valence-electron chi connectivity index (χ3n) is 2.96. The number of carbonyl (C=O) groups excluding carboxylic acids is 1. The minimum atomic E-state index is -3.89. The Kier molecular flexibility index (Phi) is 9.71. The molecular formula is C13H27NO6S. The molecule has 0 saturated heterocycles. The van der Waals surface area contributed by atoms with Crippen molar-refractivity contribution in [2.75, 3.05) is 32.9 Å². The van der Waals surface area contributed by atoms with Crippen LogP contribution in [0.4, 0.5) is 0 Å². The van der Waals surface area contributed by atoms with E-state index in [1.807, 2.05) is 21.0 Å². The van der Waals surface area contributed by atoms with E-state index >= 15 is 0 Å². The minimum Gasteiger partial charge on any atom is -0.870 e.